The van der Waals surface area contributed by atoms with Gasteiger partial charge in [0.15, 0.2) is 0 Å². The van der Waals surface area contributed by atoms with Gasteiger partial charge in [-0.25, -0.2) is 0 Å². The molecule has 4 heteroatoms. The maximum atomic E-state index is 12.9. The van der Waals surface area contributed by atoms with E-state index < -0.39 is 0 Å². The van der Waals surface area contributed by atoms with Crippen LogP contribution in [0.5, 0.6) is 0 Å². The SMILES string of the molecule is O=C(Nn1c(-c2ccccc2)ccc1-c1ccccc1)c1ccccc1Cl. The quantitative estimate of drug-likeness (QED) is 0.478. The zero-order chi connectivity index (χ0) is 18.6. The van der Waals surface area contributed by atoms with E-state index in [1.807, 2.05) is 77.5 Å². The van der Waals surface area contributed by atoms with E-state index >= 15 is 0 Å². The van der Waals surface area contributed by atoms with Gasteiger partial charge in [0, 0.05) is 11.1 Å². The molecule has 3 aromatic carbocycles. The lowest BCUT2D eigenvalue weighted by Gasteiger charge is -2.16. The summed E-state index contributed by atoms with van der Waals surface area (Å²) in [5, 5.41) is 0.421. The fraction of sp³-hybridized carbons (Fsp3) is 0. The molecule has 132 valence electrons. The van der Waals surface area contributed by atoms with Crippen LogP contribution in [-0.4, -0.2) is 10.6 Å². The summed E-state index contributed by atoms with van der Waals surface area (Å²) in [6.07, 6.45) is 0. The van der Waals surface area contributed by atoms with Gasteiger partial charge in [-0.15, -0.1) is 0 Å². The highest BCUT2D eigenvalue weighted by Crippen LogP contribution is 2.28. The number of hydrogen-bond acceptors (Lipinski definition) is 1. The first-order chi connectivity index (χ1) is 13.2. The Hall–Kier alpha value is -3.30. The van der Waals surface area contributed by atoms with Crippen LogP contribution in [0.15, 0.2) is 97.1 Å². The molecule has 0 spiro atoms. The largest absolute Gasteiger partial charge is 0.271 e. The number of carbonyl (C=O) groups excluding carboxylic acids is 1. The molecule has 0 fully saturated rings. The molecule has 0 bridgehead atoms. The van der Waals surface area contributed by atoms with Crippen LogP contribution in [0.1, 0.15) is 10.4 Å². The van der Waals surface area contributed by atoms with E-state index in [0.29, 0.717) is 10.6 Å². The van der Waals surface area contributed by atoms with Crippen molar-refractivity contribution >= 4 is 17.5 Å². The molecule has 27 heavy (non-hydrogen) atoms. The van der Waals surface area contributed by atoms with E-state index in [1.54, 1.807) is 24.3 Å². The normalized spacial score (nSPS) is 10.6. The highest BCUT2D eigenvalue weighted by atomic mass is 35.5. The van der Waals surface area contributed by atoms with Gasteiger partial charge >= 0.3 is 0 Å². The molecular formula is C23H17ClN2O. The van der Waals surface area contributed by atoms with E-state index in [4.69, 9.17) is 11.6 Å². The Labute approximate surface area is 162 Å². The molecule has 0 aliphatic rings. The number of hydrogen-bond donors (Lipinski definition) is 1. The summed E-state index contributed by atoms with van der Waals surface area (Å²) in [5.74, 6) is -0.258. The molecule has 0 aliphatic carbocycles. The van der Waals surface area contributed by atoms with Gasteiger partial charge in [-0.1, -0.05) is 84.4 Å². The van der Waals surface area contributed by atoms with Crippen LogP contribution in [0, 0.1) is 0 Å². The van der Waals surface area contributed by atoms with Crippen molar-refractivity contribution in [1.29, 1.82) is 0 Å². The van der Waals surface area contributed by atoms with E-state index in [1.165, 1.54) is 0 Å². The molecule has 0 saturated heterocycles. The lowest BCUT2D eigenvalue weighted by atomic mass is 10.1. The topological polar surface area (TPSA) is 34.0 Å². The Kier molecular flexibility index (Phi) is 4.77. The monoisotopic (exact) mass is 372 g/mol. The number of nitrogens with zero attached hydrogens (tertiary/aromatic N) is 1. The number of benzene rings is 3. The summed E-state index contributed by atoms with van der Waals surface area (Å²) in [6, 6.07) is 30.9. The summed E-state index contributed by atoms with van der Waals surface area (Å²) < 4.78 is 1.82. The predicted molar refractivity (Wildman–Crippen MR) is 110 cm³/mol. The van der Waals surface area contributed by atoms with E-state index in [-0.39, 0.29) is 5.91 Å². The van der Waals surface area contributed by atoms with Crippen LogP contribution in [0.25, 0.3) is 22.5 Å². The van der Waals surface area contributed by atoms with Gasteiger partial charge in [-0.05, 0) is 24.3 Å². The highest BCUT2D eigenvalue weighted by molar-refractivity contribution is 6.34. The van der Waals surface area contributed by atoms with Crippen molar-refractivity contribution in [2.24, 2.45) is 0 Å². The zero-order valence-corrected chi connectivity index (χ0v) is 15.2. The van der Waals surface area contributed by atoms with Gasteiger partial charge < -0.3 is 0 Å². The molecule has 0 saturated carbocycles. The second kappa shape index (κ2) is 7.52. The minimum Gasteiger partial charge on any atom is -0.267 e. The number of nitrogens with one attached hydrogen (secondary N) is 1. The average Bonchev–Trinajstić information content (AvgIpc) is 3.13. The lowest BCUT2D eigenvalue weighted by molar-refractivity contribution is 0.101. The Bertz CT molecular complexity index is 1020. The van der Waals surface area contributed by atoms with Crippen molar-refractivity contribution in [3.8, 4) is 22.5 Å². The highest BCUT2D eigenvalue weighted by Gasteiger charge is 2.16. The van der Waals surface area contributed by atoms with Crippen molar-refractivity contribution in [3.05, 3.63) is 108 Å². The Morgan fingerprint density at radius 3 is 1.67 bits per heavy atom. The first-order valence-electron chi connectivity index (χ1n) is 8.62. The Balaban J connectivity index is 1.81. The molecule has 1 aromatic heterocycles. The lowest BCUT2D eigenvalue weighted by Crippen LogP contribution is -2.24. The van der Waals surface area contributed by atoms with Crippen molar-refractivity contribution in [3.63, 3.8) is 0 Å². The number of aromatic nitrogens is 1. The second-order valence-corrected chi connectivity index (χ2v) is 6.50. The first-order valence-corrected chi connectivity index (χ1v) is 9.00. The van der Waals surface area contributed by atoms with Crippen molar-refractivity contribution in [2.75, 3.05) is 5.43 Å². The average molecular weight is 373 g/mol. The maximum absolute atomic E-state index is 12.9. The molecule has 0 atom stereocenters. The minimum absolute atomic E-state index is 0.258. The van der Waals surface area contributed by atoms with Crippen LogP contribution in [0.4, 0.5) is 0 Å². The molecule has 0 aliphatic heterocycles. The number of halogens is 1. The van der Waals surface area contributed by atoms with Crippen LogP contribution in [0.3, 0.4) is 0 Å². The summed E-state index contributed by atoms with van der Waals surface area (Å²) in [5.41, 5.74) is 7.26. The van der Waals surface area contributed by atoms with Crippen LogP contribution >= 0.6 is 11.6 Å². The van der Waals surface area contributed by atoms with Gasteiger partial charge in [-0.2, -0.15) is 0 Å². The summed E-state index contributed by atoms with van der Waals surface area (Å²) >= 11 is 6.20. The molecule has 0 radical (unpaired) electrons. The van der Waals surface area contributed by atoms with Crippen molar-refractivity contribution < 1.29 is 4.79 Å². The van der Waals surface area contributed by atoms with E-state index in [2.05, 4.69) is 5.43 Å². The third kappa shape index (κ3) is 3.50. The van der Waals surface area contributed by atoms with Crippen molar-refractivity contribution in [2.45, 2.75) is 0 Å². The summed E-state index contributed by atoms with van der Waals surface area (Å²) in [7, 11) is 0. The molecule has 4 aromatic rings. The van der Waals surface area contributed by atoms with Crippen molar-refractivity contribution in [1.82, 2.24) is 4.68 Å². The third-order valence-corrected chi connectivity index (χ3v) is 4.68. The fourth-order valence-electron chi connectivity index (χ4n) is 3.03. The molecular weight excluding hydrogens is 356 g/mol. The van der Waals surface area contributed by atoms with Gasteiger partial charge in [0.05, 0.1) is 22.0 Å². The van der Waals surface area contributed by atoms with Gasteiger partial charge in [0.2, 0.25) is 0 Å². The molecule has 1 heterocycles. The predicted octanol–water partition coefficient (Wildman–Crippen LogP) is 5.86. The number of carbonyl (C=O) groups is 1. The standard InChI is InChI=1S/C23H17ClN2O/c24-20-14-8-7-13-19(20)23(27)25-26-21(17-9-3-1-4-10-17)15-16-22(26)18-11-5-2-6-12-18/h1-16H,(H,25,27). The maximum Gasteiger partial charge on any atom is 0.271 e. The van der Waals surface area contributed by atoms with Gasteiger partial charge in [0.25, 0.3) is 5.91 Å². The van der Waals surface area contributed by atoms with E-state index in [0.717, 1.165) is 22.5 Å². The second-order valence-electron chi connectivity index (χ2n) is 6.09. The van der Waals surface area contributed by atoms with Gasteiger partial charge in [0.1, 0.15) is 0 Å². The Morgan fingerprint density at radius 2 is 1.15 bits per heavy atom. The fourth-order valence-corrected chi connectivity index (χ4v) is 3.25. The summed E-state index contributed by atoms with van der Waals surface area (Å²) in [4.78, 5) is 12.9. The molecule has 0 unspecified atom stereocenters. The zero-order valence-electron chi connectivity index (χ0n) is 14.5. The smallest absolute Gasteiger partial charge is 0.267 e. The summed E-state index contributed by atoms with van der Waals surface area (Å²) in [6.45, 7) is 0. The Morgan fingerprint density at radius 1 is 0.667 bits per heavy atom. The van der Waals surface area contributed by atoms with Crippen LogP contribution < -0.4 is 5.43 Å². The minimum atomic E-state index is -0.258. The molecule has 4 rings (SSSR count). The van der Waals surface area contributed by atoms with Gasteiger partial charge in [-0.3, -0.25) is 14.9 Å². The molecule has 3 nitrogen and oxygen atoms in total. The van der Waals surface area contributed by atoms with Crippen LogP contribution in [0.2, 0.25) is 5.02 Å². The van der Waals surface area contributed by atoms with E-state index in [9.17, 15) is 4.79 Å². The first kappa shape index (κ1) is 17.1. The van der Waals surface area contributed by atoms with Crippen LogP contribution in [-0.2, 0) is 0 Å². The number of amides is 1. The molecule has 1 N–H and O–H groups in total. The third-order valence-electron chi connectivity index (χ3n) is 4.35. The number of rotatable bonds is 4. The molecule has 1 amide bonds.